The van der Waals surface area contributed by atoms with Crippen molar-refractivity contribution in [3.8, 4) is 0 Å². The van der Waals surface area contributed by atoms with Gasteiger partial charge in [0.1, 0.15) is 18.3 Å². The smallest absolute Gasteiger partial charge is 0.104 e. The number of epoxide rings is 5. The van der Waals surface area contributed by atoms with E-state index in [4.69, 9.17) is 37.9 Å². The molecule has 0 aromatic heterocycles. The molecule has 7 aliphatic rings. The van der Waals surface area contributed by atoms with Crippen molar-refractivity contribution in [3.63, 3.8) is 0 Å². The molecule has 2 saturated carbocycles. The van der Waals surface area contributed by atoms with Gasteiger partial charge in [-0.15, -0.1) is 0 Å². The predicted molar refractivity (Wildman–Crippen MR) is 172 cm³/mol. The van der Waals surface area contributed by atoms with Crippen molar-refractivity contribution in [1.82, 2.24) is 0 Å². The highest BCUT2D eigenvalue weighted by Crippen LogP contribution is 2.51. The van der Waals surface area contributed by atoms with Gasteiger partial charge in [0.25, 0.3) is 0 Å². The van der Waals surface area contributed by atoms with E-state index in [-0.39, 0.29) is 12.2 Å². The number of unbranched alkanes of at least 4 members (excludes halogenated alkanes) is 1. The van der Waals surface area contributed by atoms with E-state index in [1.165, 1.54) is 57.8 Å². The molecule has 11 unspecified atom stereocenters. The third kappa shape index (κ3) is 14.6. The van der Waals surface area contributed by atoms with E-state index in [2.05, 4.69) is 41.5 Å². The summed E-state index contributed by atoms with van der Waals surface area (Å²) in [6, 6.07) is 0. The summed E-state index contributed by atoms with van der Waals surface area (Å²) < 4.78 is 43.0. The van der Waals surface area contributed by atoms with Crippen LogP contribution in [0.3, 0.4) is 0 Å². The Labute approximate surface area is 268 Å². The maximum absolute atomic E-state index is 5.73. The molecule has 7 rings (SSSR count). The molecule has 8 heteroatoms. The van der Waals surface area contributed by atoms with Crippen molar-refractivity contribution >= 4 is 0 Å². The summed E-state index contributed by atoms with van der Waals surface area (Å²) in [5.74, 6) is 2.82. The van der Waals surface area contributed by atoms with Crippen LogP contribution in [-0.2, 0) is 37.9 Å². The summed E-state index contributed by atoms with van der Waals surface area (Å²) in [6.45, 7) is 19.4. The number of hydrogen-bond acceptors (Lipinski definition) is 8. The van der Waals surface area contributed by atoms with Gasteiger partial charge in [-0.3, -0.25) is 0 Å². The number of fused-ring (bicyclic) bond motifs is 2. The highest BCUT2D eigenvalue weighted by molar-refractivity contribution is 5.04. The zero-order valence-electron chi connectivity index (χ0n) is 29.0. The molecule has 0 radical (unpaired) electrons. The quantitative estimate of drug-likeness (QED) is 0.137. The number of hydrogen-bond donors (Lipinski definition) is 0. The Morgan fingerprint density at radius 2 is 1.55 bits per heavy atom. The van der Waals surface area contributed by atoms with E-state index >= 15 is 0 Å². The third-order valence-corrected chi connectivity index (χ3v) is 10.1. The topological polar surface area (TPSA) is 90.3 Å². The molecule has 2 aliphatic carbocycles. The lowest BCUT2D eigenvalue weighted by Crippen LogP contribution is -2.28. The highest BCUT2D eigenvalue weighted by Gasteiger charge is 2.55. The van der Waals surface area contributed by atoms with Gasteiger partial charge in [-0.25, -0.2) is 0 Å². The molecule has 8 nitrogen and oxygen atoms in total. The van der Waals surface area contributed by atoms with Crippen molar-refractivity contribution in [2.75, 3.05) is 52.9 Å². The van der Waals surface area contributed by atoms with Crippen molar-refractivity contribution in [2.24, 2.45) is 17.8 Å². The molecule has 0 bridgehead atoms. The second-order valence-corrected chi connectivity index (χ2v) is 14.5. The first-order valence-corrected chi connectivity index (χ1v) is 18.3. The van der Waals surface area contributed by atoms with Gasteiger partial charge in [-0.05, 0) is 76.5 Å². The van der Waals surface area contributed by atoms with Gasteiger partial charge in [-0.1, -0.05) is 53.4 Å². The van der Waals surface area contributed by atoms with Gasteiger partial charge in [0.2, 0.25) is 0 Å². The first-order chi connectivity index (χ1) is 21.3. The number of rotatable bonds is 16. The normalized spacial score (nSPS) is 38.0. The predicted octanol–water partition coefficient (Wildman–Crippen LogP) is 6.75. The van der Waals surface area contributed by atoms with E-state index < -0.39 is 0 Å². The van der Waals surface area contributed by atoms with E-state index in [1.807, 2.05) is 0 Å². The largest absolute Gasteiger partial charge is 0.379 e. The summed E-state index contributed by atoms with van der Waals surface area (Å²) in [4.78, 5) is 0. The minimum absolute atomic E-state index is 0.00445. The number of ether oxygens (including phenoxy) is 8. The van der Waals surface area contributed by atoms with Gasteiger partial charge >= 0.3 is 0 Å². The van der Waals surface area contributed by atoms with Crippen LogP contribution in [0.5, 0.6) is 0 Å². The second kappa shape index (κ2) is 18.9. The van der Waals surface area contributed by atoms with Crippen LogP contribution in [0.4, 0.5) is 0 Å². The molecule has 11 atom stereocenters. The minimum atomic E-state index is 0.00445. The summed E-state index contributed by atoms with van der Waals surface area (Å²) in [5, 5.41) is 0. The standard InChI is InChI=1S/C13H24O5.C11H20O.C9H16O.C3H6O/c1-2-3-4-14-5-11(16-9-13-10-18-13)6-15-7-12-8-17-12;1-4-8(2)9-5-6-10-11(3,7-9)12-10;1-2-3-7-4-5-8-9(6-7)10-8;1-3-2-4-3/h11-13H,2-10H2,1H3;8-10H,4-7H2,1-3H3;7-9H,2-6H2,1H3;3H,2H2,1H3. The van der Waals surface area contributed by atoms with Crippen molar-refractivity contribution < 1.29 is 37.9 Å². The summed E-state index contributed by atoms with van der Waals surface area (Å²) >= 11 is 0. The molecule has 5 saturated heterocycles. The molecule has 0 aromatic carbocycles. The lowest BCUT2D eigenvalue weighted by Gasteiger charge is -2.27. The fraction of sp³-hybridized carbons (Fsp3) is 1.00. The SMILES string of the molecule is CC1CO1.CCC(C)C1CCC2OC2(C)C1.CCCC1CCC2OC2C1.CCCCOCC(COCC1CO1)OCC1CO1. The zero-order chi connectivity index (χ0) is 31.4. The molecule has 0 amide bonds. The molecule has 5 heterocycles. The highest BCUT2D eigenvalue weighted by atomic mass is 16.6. The summed E-state index contributed by atoms with van der Waals surface area (Å²) in [5.41, 5.74) is 0.298. The molecular formula is C36H66O8. The van der Waals surface area contributed by atoms with Crippen LogP contribution in [0.1, 0.15) is 112 Å². The van der Waals surface area contributed by atoms with Crippen LogP contribution in [0.15, 0.2) is 0 Å². The van der Waals surface area contributed by atoms with E-state index in [1.54, 1.807) is 0 Å². The summed E-state index contributed by atoms with van der Waals surface area (Å²) in [6.07, 6.45) is 17.7. The van der Waals surface area contributed by atoms with Crippen LogP contribution in [0.25, 0.3) is 0 Å². The average molecular weight is 627 g/mol. The minimum Gasteiger partial charge on any atom is -0.379 e. The zero-order valence-corrected chi connectivity index (χ0v) is 29.0. The van der Waals surface area contributed by atoms with Gasteiger partial charge in [0.15, 0.2) is 0 Å². The van der Waals surface area contributed by atoms with Gasteiger partial charge in [0.05, 0.1) is 76.3 Å². The maximum atomic E-state index is 5.73. The second-order valence-electron chi connectivity index (χ2n) is 14.5. The Kier molecular flexibility index (Phi) is 15.7. The first-order valence-electron chi connectivity index (χ1n) is 18.3. The Balaban J connectivity index is 0.000000147. The molecular weight excluding hydrogens is 560 g/mol. The Hall–Kier alpha value is -0.320. The lowest BCUT2D eigenvalue weighted by atomic mass is 9.75. The Bertz CT molecular complexity index is 771. The maximum Gasteiger partial charge on any atom is 0.104 e. The van der Waals surface area contributed by atoms with Gasteiger partial charge in [0, 0.05) is 6.61 Å². The van der Waals surface area contributed by atoms with Crippen LogP contribution < -0.4 is 0 Å². The Morgan fingerprint density at radius 1 is 0.841 bits per heavy atom. The first kappa shape index (κ1) is 36.5. The Morgan fingerprint density at radius 3 is 2.14 bits per heavy atom. The monoisotopic (exact) mass is 626 g/mol. The van der Waals surface area contributed by atoms with Gasteiger partial charge < -0.3 is 37.9 Å². The fourth-order valence-corrected chi connectivity index (χ4v) is 6.40. The molecule has 0 aromatic rings. The van der Waals surface area contributed by atoms with Crippen molar-refractivity contribution in [1.29, 1.82) is 0 Å². The lowest BCUT2D eigenvalue weighted by molar-refractivity contribution is -0.0649. The van der Waals surface area contributed by atoms with Gasteiger partial charge in [-0.2, -0.15) is 0 Å². The molecule has 44 heavy (non-hydrogen) atoms. The third-order valence-electron chi connectivity index (χ3n) is 10.1. The molecule has 0 N–H and O–H groups in total. The van der Waals surface area contributed by atoms with Crippen LogP contribution in [-0.4, -0.2) is 101 Å². The van der Waals surface area contributed by atoms with E-state index in [0.29, 0.717) is 62.5 Å². The van der Waals surface area contributed by atoms with Crippen LogP contribution >= 0.6 is 0 Å². The fourth-order valence-electron chi connectivity index (χ4n) is 6.40. The summed E-state index contributed by atoms with van der Waals surface area (Å²) in [7, 11) is 0. The molecule has 7 fully saturated rings. The molecule has 0 spiro atoms. The van der Waals surface area contributed by atoms with E-state index in [0.717, 1.165) is 57.0 Å². The van der Waals surface area contributed by atoms with Crippen molar-refractivity contribution in [3.05, 3.63) is 0 Å². The van der Waals surface area contributed by atoms with Crippen molar-refractivity contribution in [2.45, 2.75) is 161 Å². The van der Waals surface area contributed by atoms with Crippen LogP contribution in [0, 0.1) is 17.8 Å². The molecule has 258 valence electrons. The van der Waals surface area contributed by atoms with Crippen LogP contribution in [0.2, 0.25) is 0 Å². The molecule has 5 aliphatic heterocycles. The van der Waals surface area contributed by atoms with E-state index in [9.17, 15) is 0 Å². The average Bonchev–Trinajstić information content (AvgIpc) is 3.80.